The first-order chi connectivity index (χ1) is 16.2. The van der Waals surface area contributed by atoms with Gasteiger partial charge < -0.3 is 30.2 Å². The lowest BCUT2D eigenvalue weighted by atomic mass is 10.1. The molecule has 0 saturated heterocycles. The fraction of sp³-hybridized carbons (Fsp3) is 0.333. The predicted octanol–water partition coefficient (Wildman–Crippen LogP) is 2.84. The first-order valence-electron chi connectivity index (χ1n) is 10.6. The lowest BCUT2D eigenvalue weighted by Crippen LogP contribution is -2.24. The summed E-state index contributed by atoms with van der Waals surface area (Å²) in [5.41, 5.74) is 0.919. The van der Waals surface area contributed by atoms with Crippen LogP contribution in [0.15, 0.2) is 36.4 Å². The normalized spacial score (nSPS) is 10.3. The van der Waals surface area contributed by atoms with E-state index >= 15 is 0 Å². The maximum Gasteiger partial charge on any atom is 0.340 e. The fourth-order valence-corrected chi connectivity index (χ4v) is 2.84. The highest BCUT2D eigenvalue weighted by molar-refractivity contribution is 6.04. The predicted molar refractivity (Wildman–Crippen MR) is 126 cm³/mol. The van der Waals surface area contributed by atoms with Gasteiger partial charge in [0, 0.05) is 35.8 Å². The number of methoxy groups -OCH3 is 2. The monoisotopic (exact) mass is 471 g/mol. The molecule has 3 amide bonds. The van der Waals surface area contributed by atoms with Crippen LogP contribution in [0.1, 0.15) is 41.5 Å². The second-order valence-corrected chi connectivity index (χ2v) is 7.46. The van der Waals surface area contributed by atoms with E-state index in [1.54, 1.807) is 39.0 Å². The molecule has 0 atom stereocenters. The van der Waals surface area contributed by atoms with Crippen LogP contribution in [0.5, 0.6) is 11.5 Å². The molecule has 0 heterocycles. The molecule has 182 valence electrons. The largest absolute Gasteiger partial charge is 0.493 e. The number of benzene rings is 2. The van der Waals surface area contributed by atoms with Crippen LogP contribution in [-0.2, 0) is 14.3 Å². The first kappa shape index (κ1) is 26.2. The number of amides is 3. The number of rotatable bonds is 10. The van der Waals surface area contributed by atoms with Gasteiger partial charge in [-0.05, 0) is 25.1 Å². The summed E-state index contributed by atoms with van der Waals surface area (Å²) < 4.78 is 15.6. The highest BCUT2D eigenvalue weighted by atomic mass is 16.5. The third kappa shape index (κ3) is 6.96. The average Bonchev–Trinajstić information content (AvgIpc) is 2.82. The smallest absolute Gasteiger partial charge is 0.340 e. The lowest BCUT2D eigenvalue weighted by molar-refractivity contribution is -0.119. The Hall–Kier alpha value is -4.08. The summed E-state index contributed by atoms with van der Waals surface area (Å²) in [6.45, 7) is 5.10. The molecule has 0 bridgehead atoms. The summed E-state index contributed by atoms with van der Waals surface area (Å²) in [6, 6.07) is 9.17. The first-order valence-corrected chi connectivity index (χ1v) is 10.6. The second kappa shape index (κ2) is 12.2. The third-order valence-electron chi connectivity index (χ3n) is 4.61. The molecule has 0 aliphatic heterocycles. The van der Waals surface area contributed by atoms with Gasteiger partial charge in [-0.25, -0.2) is 4.79 Å². The average molecular weight is 472 g/mol. The maximum absolute atomic E-state index is 12.8. The van der Waals surface area contributed by atoms with Gasteiger partial charge in [-0.3, -0.25) is 14.4 Å². The van der Waals surface area contributed by atoms with Crippen molar-refractivity contribution >= 4 is 35.1 Å². The summed E-state index contributed by atoms with van der Waals surface area (Å²) in [4.78, 5) is 49.2. The number of anilines is 2. The van der Waals surface area contributed by atoms with E-state index in [4.69, 9.17) is 14.2 Å². The van der Waals surface area contributed by atoms with Gasteiger partial charge in [0.15, 0.2) is 18.1 Å². The molecule has 10 nitrogen and oxygen atoms in total. The summed E-state index contributed by atoms with van der Waals surface area (Å²) >= 11 is 0. The quantitative estimate of drug-likeness (QED) is 0.454. The molecular weight excluding hydrogens is 442 g/mol. The molecule has 0 aromatic heterocycles. The van der Waals surface area contributed by atoms with Crippen LogP contribution in [0.4, 0.5) is 11.4 Å². The van der Waals surface area contributed by atoms with Gasteiger partial charge in [0.1, 0.15) is 0 Å². The molecule has 2 aromatic rings. The van der Waals surface area contributed by atoms with E-state index in [2.05, 4.69) is 16.0 Å². The number of carbonyl (C=O) groups excluding carboxylic acids is 4. The van der Waals surface area contributed by atoms with Crippen molar-refractivity contribution in [1.29, 1.82) is 0 Å². The molecule has 0 aliphatic rings. The van der Waals surface area contributed by atoms with Crippen molar-refractivity contribution in [3.8, 4) is 11.5 Å². The highest BCUT2D eigenvalue weighted by Gasteiger charge is 2.21. The molecule has 2 aromatic carbocycles. The number of carbonyl (C=O) groups is 4. The minimum Gasteiger partial charge on any atom is -0.493 e. The summed E-state index contributed by atoms with van der Waals surface area (Å²) in [6.07, 6.45) is 0. The minimum atomic E-state index is -0.841. The van der Waals surface area contributed by atoms with E-state index in [9.17, 15) is 19.2 Å². The number of nitrogens with one attached hydrogen (secondary N) is 3. The number of hydrogen-bond acceptors (Lipinski definition) is 7. The van der Waals surface area contributed by atoms with Gasteiger partial charge in [0.25, 0.3) is 11.8 Å². The Labute approximate surface area is 198 Å². The molecule has 0 saturated carbocycles. The molecule has 0 radical (unpaired) electrons. The van der Waals surface area contributed by atoms with E-state index < -0.39 is 18.5 Å². The van der Waals surface area contributed by atoms with Gasteiger partial charge in [-0.1, -0.05) is 19.9 Å². The molecule has 34 heavy (non-hydrogen) atoms. The Morgan fingerprint density at radius 3 is 2.24 bits per heavy atom. The van der Waals surface area contributed by atoms with Crippen molar-refractivity contribution in [1.82, 2.24) is 5.32 Å². The van der Waals surface area contributed by atoms with Crippen LogP contribution in [0, 0.1) is 5.92 Å². The van der Waals surface area contributed by atoms with E-state index in [0.717, 1.165) is 0 Å². The maximum atomic E-state index is 12.8. The highest BCUT2D eigenvalue weighted by Crippen LogP contribution is 2.34. The molecular formula is C24H29N3O7. The zero-order chi connectivity index (χ0) is 25.3. The van der Waals surface area contributed by atoms with Crippen LogP contribution in [0.3, 0.4) is 0 Å². The van der Waals surface area contributed by atoms with Gasteiger partial charge >= 0.3 is 5.97 Å². The van der Waals surface area contributed by atoms with Crippen molar-refractivity contribution in [2.24, 2.45) is 5.92 Å². The molecule has 10 heteroatoms. The lowest BCUT2D eigenvalue weighted by Gasteiger charge is -2.16. The Morgan fingerprint density at radius 1 is 0.941 bits per heavy atom. The summed E-state index contributed by atoms with van der Waals surface area (Å²) in [5, 5.41) is 7.91. The van der Waals surface area contributed by atoms with Crippen LogP contribution in [0.2, 0.25) is 0 Å². The Balaban J connectivity index is 2.14. The molecule has 0 fully saturated rings. The van der Waals surface area contributed by atoms with Gasteiger partial charge in [-0.2, -0.15) is 0 Å². The van der Waals surface area contributed by atoms with Crippen molar-refractivity contribution in [2.75, 3.05) is 38.0 Å². The third-order valence-corrected chi connectivity index (χ3v) is 4.61. The van der Waals surface area contributed by atoms with Crippen LogP contribution < -0.4 is 25.4 Å². The molecule has 3 N–H and O–H groups in total. The van der Waals surface area contributed by atoms with Crippen molar-refractivity contribution in [3.63, 3.8) is 0 Å². The summed E-state index contributed by atoms with van der Waals surface area (Å²) in [7, 11) is 2.83. The number of ether oxygens (including phenoxy) is 3. The van der Waals surface area contributed by atoms with Crippen LogP contribution >= 0.6 is 0 Å². The summed E-state index contributed by atoms with van der Waals surface area (Å²) in [5.74, 6) is -1.80. The van der Waals surface area contributed by atoms with Gasteiger partial charge in [0.2, 0.25) is 5.91 Å². The van der Waals surface area contributed by atoms with Crippen LogP contribution in [-0.4, -0.2) is 51.1 Å². The SMILES string of the molecule is CCNC(=O)c1cccc(NC(=O)COC(=O)c2cc(OC)c(OC)cc2NC(=O)C(C)C)c1. The molecule has 0 spiro atoms. The molecule has 0 aliphatic carbocycles. The van der Waals surface area contributed by atoms with Gasteiger partial charge in [-0.15, -0.1) is 0 Å². The van der Waals surface area contributed by atoms with Gasteiger partial charge in [0.05, 0.1) is 25.5 Å². The minimum absolute atomic E-state index is 0.00214. The van der Waals surface area contributed by atoms with E-state index in [1.807, 2.05) is 0 Å². The zero-order valence-electron chi connectivity index (χ0n) is 19.8. The Bertz CT molecular complexity index is 1070. The number of hydrogen-bond donors (Lipinski definition) is 3. The van der Waals surface area contributed by atoms with Crippen molar-refractivity contribution in [3.05, 3.63) is 47.5 Å². The second-order valence-electron chi connectivity index (χ2n) is 7.46. The fourth-order valence-electron chi connectivity index (χ4n) is 2.84. The number of esters is 1. The molecule has 0 unspecified atom stereocenters. The zero-order valence-corrected chi connectivity index (χ0v) is 19.8. The molecule has 2 rings (SSSR count). The Kier molecular flexibility index (Phi) is 9.42. The van der Waals surface area contributed by atoms with Crippen LogP contribution in [0.25, 0.3) is 0 Å². The van der Waals surface area contributed by atoms with Crippen molar-refractivity contribution in [2.45, 2.75) is 20.8 Å². The van der Waals surface area contributed by atoms with E-state index in [1.165, 1.54) is 32.4 Å². The topological polar surface area (TPSA) is 132 Å². The van der Waals surface area contributed by atoms with Crippen molar-refractivity contribution < 1.29 is 33.4 Å². The Morgan fingerprint density at radius 2 is 1.62 bits per heavy atom. The van der Waals surface area contributed by atoms with E-state index in [0.29, 0.717) is 23.5 Å². The standard InChI is InChI=1S/C24H29N3O7/c1-6-25-23(30)15-8-7-9-16(10-15)26-21(28)13-34-24(31)17-11-19(32-4)20(33-5)12-18(17)27-22(29)14(2)3/h7-12,14H,6,13H2,1-5H3,(H,25,30)(H,26,28)(H,27,29). The van der Waals surface area contributed by atoms with E-state index in [-0.39, 0.29) is 34.7 Å².